The average molecular weight is 1560 g/mol. The number of likely N-dealkylation sites (tertiary alicyclic amines) is 7. The van der Waals surface area contributed by atoms with Gasteiger partial charge in [0.1, 0.15) is 5.82 Å². The summed E-state index contributed by atoms with van der Waals surface area (Å²) in [4.78, 5) is 54.6. The van der Waals surface area contributed by atoms with Gasteiger partial charge in [-0.3, -0.25) is 34.9 Å². The first kappa shape index (κ1) is 90.7. The van der Waals surface area contributed by atoms with Crippen LogP contribution in [0, 0.1) is 81.0 Å². The molecule has 0 spiro atoms. The van der Waals surface area contributed by atoms with Crippen molar-refractivity contribution in [3.8, 4) is 0 Å². The van der Waals surface area contributed by atoms with Crippen LogP contribution < -0.4 is 0 Å². The van der Waals surface area contributed by atoms with Gasteiger partial charge in [-0.25, -0.2) is 9.37 Å². The Kier molecular flexibility index (Phi) is 40.6. The highest BCUT2D eigenvalue weighted by molar-refractivity contribution is 5.24. The molecule has 8 aromatic rings. The molecular formula is C96H142F2N16. The molecule has 8 aliphatic heterocycles. The van der Waals surface area contributed by atoms with E-state index < -0.39 is 0 Å². The van der Waals surface area contributed by atoms with Crippen LogP contribution >= 0.6 is 0 Å². The van der Waals surface area contributed by atoms with E-state index in [4.69, 9.17) is 0 Å². The lowest BCUT2D eigenvalue weighted by Crippen LogP contribution is -2.38. The van der Waals surface area contributed by atoms with Gasteiger partial charge >= 0.3 is 0 Å². The molecule has 620 valence electrons. The van der Waals surface area contributed by atoms with Crippen LogP contribution in [0.5, 0.6) is 0 Å². The van der Waals surface area contributed by atoms with Crippen LogP contribution in [0.25, 0.3) is 0 Å². The second kappa shape index (κ2) is 51.1. The standard InChI is InChI=1S/3C13H20N2.2C12H17FN2.C12H18N2.C11H16N2.C10H14N2/c1-11-5-6-13(14-12(11)2)7-10-15-8-3-4-9-15;1-11-9-12(2)13(14-10-11)5-8-15-6-3-4-7-15;1-12-5-6-13(14-11-12)7-10-15-8-3-2-4-9-15;1-10-4-5-11(14-12(10)13)6-9-15-7-2-3-8-15;1-10-8-11(13)12(14-9-10)4-7-15-5-2-3-6-15;1-11-4-5-12(13-10-11)6-9-14-7-2-3-8-14;1-10-3-4-11(12-9-10)5-8-13-6-2-7-13;1-9-2-3-10(11-8-9)4-5-12-6-7-12/h5-6H,3-4,7-10H2,1-2H3;9-10H,3-8H2,1-2H3;5-6,11H,2-4,7-10H2,1H3;4-5H,2-3,6-9H2,1H3;8-9H,2-7H2,1H3;4-5,10H,2-3,6-9H2,1H3;3-4,9H,2,5-8H2,1H3;2-3,8H,4-7H2,1H3. The van der Waals surface area contributed by atoms with Gasteiger partial charge in [0, 0.05) is 205 Å². The minimum Gasteiger partial charge on any atom is -0.303 e. The maximum absolute atomic E-state index is 13.4. The summed E-state index contributed by atoms with van der Waals surface area (Å²) in [5, 5.41) is 0. The van der Waals surface area contributed by atoms with Crippen LogP contribution in [0.1, 0.15) is 191 Å². The van der Waals surface area contributed by atoms with Crippen LogP contribution in [0.3, 0.4) is 0 Å². The van der Waals surface area contributed by atoms with Crippen LogP contribution in [-0.2, 0) is 51.4 Å². The van der Waals surface area contributed by atoms with E-state index in [1.807, 2.05) is 50.0 Å². The highest BCUT2D eigenvalue weighted by Crippen LogP contribution is 2.18. The number of aromatic nitrogens is 8. The Morgan fingerprint density at radius 2 is 0.509 bits per heavy atom. The van der Waals surface area contributed by atoms with Gasteiger partial charge in [-0.05, 0) is 331 Å². The lowest BCUT2D eigenvalue weighted by Gasteiger charge is -2.30. The Morgan fingerprint density at radius 1 is 0.237 bits per heavy atom. The predicted octanol–water partition coefficient (Wildman–Crippen LogP) is 16.3. The number of piperidine rings is 1. The molecule has 8 aromatic heterocycles. The van der Waals surface area contributed by atoms with Gasteiger partial charge in [0.2, 0.25) is 5.95 Å². The Labute approximate surface area is 686 Å². The molecule has 16 rings (SSSR count). The van der Waals surface area contributed by atoms with Gasteiger partial charge in [-0.1, -0.05) is 48.9 Å². The lowest BCUT2D eigenvalue weighted by atomic mass is 10.1. The average Bonchev–Trinajstić information content (AvgIpc) is 1.10. The van der Waals surface area contributed by atoms with Gasteiger partial charge in [0.15, 0.2) is 0 Å². The first-order valence-electron chi connectivity index (χ1n) is 43.9. The highest BCUT2D eigenvalue weighted by Gasteiger charge is 2.20. The molecule has 0 N–H and O–H groups in total. The molecule has 8 aliphatic rings. The zero-order chi connectivity index (χ0) is 80.5. The van der Waals surface area contributed by atoms with Crippen LogP contribution in [0.15, 0.2) is 122 Å². The van der Waals surface area contributed by atoms with Crippen molar-refractivity contribution in [2.75, 3.05) is 157 Å². The number of pyridine rings is 8. The number of hydrogen-bond donors (Lipinski definition) is 0. The van der Waals surface area contributed by atoms with Gasteiger partial charge < -0.3 is 39.2 Å². The molecule has 0 amide bonds. The van der Waals surface area contributed by atoms with Crippen molar-refractivity contribution in [3.63, 3.8) is 0 Å². The first-order valence-corrected chi connectivity index (χ1v) is 43.9. The van der Waals surface area contributed by atoms with E-state index in [-0.39, 0.29) is 11.8 Å². The predicted molar refractivity (Wildman–Crippen MR) is 467 cm³/mol. The third kappa shape index (κ3) is 36.1. The SMILES string of the molecule is Cc1ccc(CCN2CC2)nc1.Cc1ccc(CCN2CCC2)nc1.Cc1ccc(CCN2CCCC2)nc1.Cc1ccc(CCN2CCCC2)nc1C.Cc1ccc(CCN2CCCC2)nc1F.Cc1ccc(CCN2CCCCC2)nc1.Cc1cnc(CCN2CCCC2)c(C)c1.Cc1cnc(CCN2CCCC2)c(F)c1. The van der Waals surface area contributed by atoms with Crippen molar-refractivity contribution in [2.24, 2.45) is 0 Å². The van der Waals surface area contributed by atoms with Crippen molar-refractivity contribution in [3.05, 3.63) is 235 Å². The summed E-state index contributed by atoms with van der Waals surface area (Å²) in [6, 6.07) is 29.0. The van der Waals surface area contributed by atoms with Crippen molar-refractivity contribution in [1.82, 2.24) is 79.1 Å². The van der Waals surface area contributed by atoms with E-state index in [2.05, 4.69) is 201 Å². The maximum Gasteiger partial charge on any atom is 0.215 e. The fourth-order valence-electron chi connectivity index (χ4n) is 15.1. The minimum atomic E-state index is -0.325. The van der Waals surface area contributed by atoms with Crippen LogP contribution in [0.4, 0.5) is 8.78 Å². The summed E-state index contributed by atoms with van der Waals surface area (Å²) >= 11 is 0. The van der Waals surface area contributed by atoms with Gasteiger partial charge in [0.25, 0.3) is 0 Å². The second-order valence-electron chi connectivity index (χ2n) is 33.3. The summed E-state index contributed by atoms with van der Waals surface area (Å²) in [5.41, 5.74) is 20.4. The van der Waals surface area contributed by atoms with E-state index in [0.717, 1.165) is 88.8 Å². The topological polar surface area (TPSA) is 129 Å². The largest absolute Gasteiger partial charge is 0.303 e. The minimum absolute atomic E-state index is 0.158. The molecule has 0 bridgehead atoms. The zero-order valence-electron chi connectivity index (χ0n) is 72.0. The summed E-state index contributed by atoms with van der Waals surface area (Å²) in [6.07, 6.45) is 38.7. The summed E-state index contributed by atoms with van der Waals surface area (Å²) < 4.78 is 26.6. The molecule has 0 atom stereocenters. The highest BCUT2D eigenvalue weighted by atomic mass is 19.1. The number of aryl methyl sites for hydroxylation is 10. The van der Waals surface area contributed by atoms with E-state index >= 15 is 0 Å². The Balaban J connectivity index is 0.000000149. The van der Waals surface area contributed by atoms with Gasteiger partial charge in [0.05, 0.1) is 5.69 Å². The molecule has 16 nitrogen and oxygen atoms in total. The Hall–Kier alpha value is -7.26. The van der Waals surface area contributed by atoms with Crippen molar-refractivity contribution < 1.29 is 8.78 Å². The molecule has 0 aliphatic carbocycles. The molecule has 8 saturated heterocycles. The van der Waals surface area contributed by atoms with E-state index in [1.54, 1.807) is 19.2 Å². The van der Waals surface area contributed by atoms with E-state index in [9.17, 15) is 8.78 Å². The fourth-order valence-corrected chi connectivity index (χ4v) is 15.1. The normalized spacial score (nSPS) is 17.2. The monoisotopic (exact) mass is 1560 g/mol. The molecule has 0 radical (unpaired) electrons. The van der Waals surface area contributed by atoms with Crippen molar-refractivity contribution >= 4 is 0 Å². The molecule has 8 fully saturated rings. The molecule has 0 unspecified atom stereocenters. The Morgan fingerprint density at radius 3 is 0.807 bits per heavy atom. The van der Waals surface area contributed by atoms with Crippen molar-refractivity contribution in [2.45, 2.75) is 210 Å². The van der Waals surface area contributed by atoms with Crippen LogP contribution in [-0.4, -0.2) is 236 Å². The summed E-state index contributed by atoms with van der Waals surface area (Å²) in [7, 11) is 0. The molecule has 0 saturated carbocycles. The third-order valence-electron chi connectivity index (χ3n) is 23.1. The smallest absolute Gasteiger partial charge is 0.215 e. The lowest BCUT2D eigenvalue weighted by molar-refractivity contribution is 0.183. The summed E-state index contributed by atoms with van der Waals surface area (Å²) in [5.74, 6) is -0.483. The first-order chi connectivity index (χ1) is 55.4. The third-order valence-corrected chi connectivity index (χ3v) is 23.1. The molecule has 18 heteroatoms. The second-order valence-corrected chi connectivity index (χ2v) is 33.3. The van der Waals surface area contributed by atoms with Gasteiger partial charge in [-0.15, -0.1) is 0 Å². The number of hydrogen-bond acceptors (Lipinski definition) is 16. The van der Waals surface area contributed by atoms with E-state index in [0.29, 0.717) is 11.3 Å². The fraction of sp³-hybridized carbons (Fsp3) is 0.583. The maximum atomic E-state index is 13.4. The van der Waals surface area contributed by atoms with Gasteiger partial charge in [-0.2, -0.15) is 4.39 Å². The van der Waals surface area contributed by atoms with Crippen LogP contribution in [0.2, 0.25) is 0 Å². The zero-order valence-corrected chi connectivity index (χ0v) is 72.0. The van der Waals surface area contributed by atoms with Crippen molar-refractivity contribution in [1.29, 1.82) is 0 Å². The summed E-state index contributed by atoms with van der Waals surface area (Å²) in [6.45, 7) is 49.5. The van der Waals surface area contributed by atoms with E-state index in [1.165, 1.54) is 300 Å². The number of halogens is 2. The molecular weight excluding hydrogens is 1420 g/mol. The quantitative estimate of drug-likeness (QED) is 0.0420. The number of nitrogens with zero attached hydrogens (tertiary/aromatic N) is 16. The molecule has 0 aromatic carbocycles. The molecule has 16 heterocycles. The Bertz CT molecular complexity index is 3790. The number of rotatable bonds is 24. The molecule has 114 heavy (non-hydrogen) atoms.